The molecule has 5 heteroatoms. The molecule has 0 amide bonds. The van der Waals surface area contributed by atoms with E-state index in [0.29, 0.717) is 5.92 Å². The first-order valence-corrected chi connectivity index (χ1v) is 5.98. The molecule has 3 nitrogen and oxygen atoms in total. The summed E-state index contributed by atoms with van der Waals surface area (Å²) in [6, 6.07) is 4.57. The number of hydrogen-bond donors (Lipinski definition) is 2. The minimum absolute atomic E-state index is 0.0705. The van der Waals surface area contributed by atoms with Gasteiger partial charge in [-0.15, -0.1) is 0 Å². The molecule has 2 N–H and O–H groups in total. The van der Waals surface area contributed by atoms with Crippen LogP contribution >= 0.6 is 0 Å². The van der Waals surface area contributed by atoms with E-state index < -0.39 is 12.9 Å². The lowest BCUT2D eigenvalue weighted by Gasteiger charge is -2.33. The van der Waals surface area contributed by atoms with Gasteiger partial charge in [0.2, 0.25) is 0 Å². The van der Waals surface area contributed by atoms with Gasteiger partial charge in [0.15, 0.2) is 0 Å². The number of nitrogens with zero attached hydrogens (tertiary/aromatic N) is 1. The lowest BCUT2D eigenvalue weighted by molar-refractivity contribution is 0.423. The van der Waals surface area contributed by atoms with Crippen molar-refractivity contribution in [2.45, 2.75) is 19.8 Å². The van der Waals surface area contributed by atoms with Crippen LogP contribution in [-0.4, -0.2) is 30.3 Å². The molecule has 0 aromatic heterocycles. The minimum Gasteiger partial charge on any atom is -0.423 e. The number of hydrogen-bond acceptors (Lipinski definition) is 3. The molecule has 1 atom stereocenters. The topological polar surface area (TPSA) is 43.7 Å². The van der Waals surface area contributed by atoms with E-state index in [0.717, 1.165) is 25.2 Å². The van der Waals surface area contributed by atoms with Crippen molar-refractivity contribution in [2.24, 2.45) is 5.92 Å². The molecule has 1 aromatic carbocycles. The summed E-state index contributed by atoms with van der Waals surface area (Å²) in [6.07, 6.45) is 2.33. The molecular formula is C12H17BFNO2. The molecule has 1 saturated heterocycles. The van der Waals surface area contributed by atoms with Gasteiger partial charge in [-0.2, -0.15) is 0 Å². The van der Waals surface area contributed by atoms with Gasteiger partial charge in [0.25, 0.3) is 0 Å². The summed E-state index contributed by atoms with van der Waals surface area (Å²) >= 11 is 0. The molecule has 0 bridgehead atoms. The molecule has 1 aromatic rings. The number of piperidine rings is 1. The molecule has 1 aliphatic heterocycles. The maximum atomic E-state index is 13.6. The van der Waals surface area contributed by atoms with Crippen molar-refractivity contribution in [3.63, 3.8) is 0 Å². The van der Waals surface area contributed by atoms with Gasteiger partial charge in [-0.05, 0) is 30.9 Å². The summed E-state index contributed by atoms with van der Waals surface area (Å²) in [5.74, 6) is 0.0608. The predicted octanol–water partition coefficient (Wildman–Crippen LogP) is 0.742. The van der Waals surface area contributed by atoms with Crippen LogP contribution in [0.2, 0.25) is 0 Å². The molecule has 1 heterocycles. The van der Waals surface area contributed by atoms with Gasteiger partial charge in [0.05, 0.1) is 0 Å². The quantitative estimate of drug-likeness (QED) is 0.745. The van der Waals surface area contributed by atoms with E-state index in [1.165, 1.54) is 18.6 Å². The van der Waals surface area contributed by atoms with Gasteiger partial charge in [0.1, 0.15) is 5.82 Å². The van der Waals surface area contributed by atoms with Crippen molar-refractivity contribution in [1.82, 2.24) is 0 Å². The van der Waals surface area contributed by atoms with Crippen molar-refractivity contribution in [3.05, 3.63) is 24.0 Å². The standard InChI is InChI=1S/C12H17BFNO2/c1-9-3-2-6-15(8-9)10-4-5-11(13(16)17)12(14)7-10/h4-5,7,9,16-17H,2-3,6,8H2,1H3. The highest BCUT2D eigenvalue weighted by molar-refractivity contribution is 6.58. The van der Waals surface area contributed by atoms with E-state index in [2.05, 4.69) is 11.8 Å². The summed E-state index contributed by atoms with van der Waals surface area (Å²) in [6.45, 7) is 4.06. The Morgan fingerprint density at radius 1 is 1.41 bits per heavy atom. The molecule has 17 heavy (non-hydrogen) atoms. The largest absolute Gasteiger partial charge is 0.491 e. The highest BCUT2D eigenvalue weighted by atomic mass is 19.1. The van der Waals surface area contributed by atoms with Crippen LogP contribution in [0.25, 0.3) is 0 Å². The monoisotopic (exact) mass is 237 g/mol. The van der Waals surface area contributed by atoms with Crippen LogP contribution in [0.15, 0.2) is 18.2 Å². The van der Waals surface area contributed by atoms with E-state index in [9.17, 15) is 4.39 Å². The number of benzene rings is 1. The van der Waals surface area contributed by atoms with Gasteiger partial charge < -0.3 is 14.9 Å². The van der Waals surface area contributed by atoms with Gasteiger partial charge in [-0.25, -0.2) is 4.39 Å². The zero-order valence-electron chi connectivity index (χ0n) is 9.93. The Labute approximate surface area is 101 Å². The van der Waals surface area contributed by atoms with E-state index in [1.54, 1.807) is 6.07 Å². The van der Waals surface area contributed by atoms with Gasteiger partial charge >= 0.3 is 7.12 Å². The van der Waals surface area contributed by atoms with Gasteiger partial charge in [-0.3, -0.25) is 0 Å². The average Bonchev–Trinajstić information content (AvgIpc) is 2.28. The molecular weight excluding hydrogens is 220 g/mol. The second-order valence-electron chi connectivity index (χ2n) is 4.77. The Bertz CT molecular complexity index is 400. The van der Waals surface area contributed by atoms with Crippen molar-refractivity contribution in [3.8, 4) is 0 Å². The smallest absolute Gasteiger partial charge is 0.423 e. The minimum atomic E-state index is -1.75. The van der Waals surface area contributed by atoms with Crippen LogP contribution in [0.4, 0.5) is 10.1 Å². The Morgan fingerprint density at radius 2 is 2.18 bits per heavy atom. The molecule has 1 fully saturated rings. The van der Waals surface area contributed by atoms with Gasteiger partial charge in [0, 0.05) is 24.2 Å². The summed E-state index contributed by atoms with van der Waals surface area (Å²) in [4.78, 5) is 2.14. The zero-order chi connectivity index (χ0) is 12.4. The van der Waals surface area contributed by atoms with Gasteiger partial charge in [-0.1, -0.05) is 13.0 Å². The van der Waals surface area contributed by atoms with E-state index in [-0.39, 0.29) is 5.46 Å². The molecule has 0 spiro atoms. The summed E-state index contributed by atoms with van der Waals surface area (Å²) in [7, 11) is -1.75. The summed E-state index contributed by atoms with van der Waals surface area (Å²) in [5.41, 5.74) is 0.747. The molecule has 1 aliphatic rings. The van der Waals surface area contributed by atoms with E-state index >= 15 is 0 Å². The molecule has 1 unspecified atom stereocenters. The predicted molar refractivity (Wildman–Crippen MR) is 66.8 cm³/mol. The molecule has 92 valence electrons. The number of anilines is 1. The maximum absolute atomic E-state index is 13.6. The third-order valence-electron chi connectivity index (χ3n) is 3.28. The lowest BCUT2D eigenvalue weighted by atomic mass is 9.80. The summed E-state index contributed by atoms with van der Waals surface area (Å²) < 4.78 is 13.6. The van der Waals surface area contributed by atoms with Crippen LogP contribution in [0.5, 0.6) is 0 Å². The van der Waals surface area contributed by atoms with E-state index in [4.69, 9.17) is 10.0 Å². The first kappa shape index (κ1) is 12.4. The van der Waals surface area contributed by atoms with Crippen LogP contribution in [0.1, 0.15) is 19.8 Å². The summed E-state index contributed by atoms with van der Waals surface area (Å²) in [5, 5.41) is 17.9. The fraction of sp³-hybridized carbons (Fsp3) is 0.500. The first-order chi connectivity index (χ1) is 8.08. The number of rotatable bonds is 2. The van der Waals surface area contributed by atoms with Crippen LogP contribution < -0.4 is 10.4 Å². The fourth-order valence-corrected chi connectivity index (χ4v) is 2.35. The zero-order valence-corrected chi connectivity index (χ0v) is 9.93. The van der Waals surface area contributed by atoms with Crippen molar-refractivity contribution in [1.29, 1.82) is 0 Å². The maximum Gasteiger partial charge on any atom is 0.491 e. The van der Waals surface area contributed by atoms with Crippen molar-refractivity contribution in [2.75, 3.05) is 18.0 Å². The first-order valence-electron chi connectivity index (χ1n) is 5.98. The highest BCUT2D eigenvalue weighted by Gasteiger charge is 2.20. The third kappa shape index (κ3) is 2.79. The molecule has 0 radical (unpaired) electrons. The third-order valence-corrected chi connectivity index (χ3v) is 3.28. The average molecular weight is 237 g/mol. The van der Waals surface area contributed by atoms with Crippen molar-refractivity contribution >= 4 is 18.3 Å². The molecule has 0 saturated carbocycles. The Balaban J connectivity index is 2.19. The molecule has 0 aliphatic carbocycles. The fourth-order valence-electron chi connectivity index (χ4n) is 2.35. The molecule has 2 rings (SSSR count). The van der Waals surface area contributed by atoms with Crippen LogP contribution in [0.3, 0.4) is 0 Å². The Hall–Kier alpha value is -1.07. The number of halogens is 1. The highest BCUT2D eigenvalue weighted by Crippen LogP contribution is 2.22. The van der Waals surface area contributed by atoms with Crippen molar-refractivity contribution < 1.29 is 14.4 Å². The van der Waals surface area contributed by atoms with Crippen LogP contribution in [-0.2, 0) is 0 Å². The van der Waals surface area contributed by atoms with E-state index in [1.807, 2.05) is 0 Å². The normalized spacial score (nSPS) is 20.5. The van der Waals surface area contributed by atoms with Crippen LogP contribution in [0, 0.1) is 11.7 Å². The lowest BCUT2D eigenvalue weighted by Crippen LogP contribution is -2.36. The second-order valence-corrected chi connectivity index (χ2v) is 4.77. The SMILES string of the molecule is CC1CCCN(c2ccc(B(O)O)c(F)c2)C1. The Morgan fingerprint density at radius 3 is 2.76 bits per heavy atom. The Kier molecular flexibility index (Phi) is 3.69. The second kappa shape index (κ2) is 5.06.